The third kappa shape index (κ3) is 4.86. The van der Waals surface area contributed by atoms with Gasteiger partial charge < -0.3 is 11.1 Å². The maximum atomic E-state index is 12.7. The number of benzene rings is 1. The van der Waals surface area contributed by atoms with Crippen LogP contribution in [0.25, 0.3) is 0 Å². The lowest BCUT2D eigenvalue weighted by Gasteiger charge is -2.16. The van der Waals surface area contributed by atoms with Gasteiger partial charge in [0.1, 0.15) is 4.99 Å². The fourth-order valence-corrected chi connectivity index (χ4v) is 2.56. The van der Waals surface area contributed by atoms with Crippen LogP contribution in [-0.2, 0) is 6.18 Å². The molecule has 0 bridgehead atoms. The average Bonchev–Trinajstić information content (AvgIpc) is 2.35. The van der Waals surface area contributed by atoms with E-state index in [1.807, 2.05) is 6.26 Å². The molecule has 0 saturated heterocycles. The minimum Gasteiger partial charge on any atom is -0.389 e. The van der Waals surface area contributed by atoms with Crippen LogP contribution in [0.5, 0.6) is 0 Å². The molecule has 1 atom stereocenters. The van der Waals surface area contributed by atoms with Crippen molar-refractivity contribution >= 4 is 34.7 Å². The van der Waals surface area contributed by atoms with E-state index < -0.39 is 11.7 Å². The Kier molecular flexibility index (Phi) is 6.13. The van der Waals surface area contributed by atoms with Crippen LogP contribution in [0.15, 0.2) is 18.2 Å². The molecule has 0 saturated carbocycles. The molecule has 0 aliphatic heterocycles. The molecule has 0 heterocycles. The van der Waals surface area contributed by atoms with Crippen molar-refractivity contribution in [3.8, 4) is 0 Å². The minimum absolute atomic E-state index is 0.0453. The lowest BCUT2D eigenvalue weighted by molar-refractivity contribution is -0.137. The van der Waals surface area contributed by atoms with Gasteiger partial charge in [0, 0.05) is 17.8 Å². The summed E-state index contributed by atoms with van der Waals surface area (Å²) < 4.78 is 38.0. The molecule has 0 aliphatic carbocycles. The predicted octanol–water partition coefficient (Wildman–Crippen LogP) is 3.75. The first-order valence-electron chi connectivity index (χ1n) is 5.99. The van der Waals surface area contributed by atoms with Gasteiger partial charge in [0.25, 0.3) is 0 Å². The quantitative estimate of drug-likeness (QED) is 0.782. The van der Waals surface area contributed by atoms with Crippen molar-refractivity contribution in [2.45, 2.75) is 13.1 Å². The number of halogens is 3. The molecule has 0 radical (unpaired) electrons. The average molecular weight is 322 g/mol. The third-order valence-electron chi connectivity index (χ3n) is 2.70. The number of alkyl halides is 3. The first kappa shape index (κ1) is 17.1. The monoisotopic (exact) mass is 322 g/mol. The van der Waals surface area contributed by atoms with Gasteiger partial charge in [-0.05, 0) is 36.1 Å². The molecule has 1 aromatic rings. The third-order valence-corrected chi connectivity index (χ3v) is 3.83. The molecular weight excluding hydrogens is 305 g/mol. The zero-order valence-electron chi connectivity index (χ0n) is 11.3. The van der Waals surface area contributed by atoms with Gasteiger partial charge in [0.05, 0.1) is 5.56 Å². The summed E-state index contributed by atoms with van der Waals surface area (Å²) in [4.78, 5) is -0.0453. The van der Waals surface area contributed by atoms with Crippen LogP contribution in [0.3, 0.4) is 0 Å². The maximum absolute atomic E-state index is 12.7. The highest BCUT2D eigenvalue weighted by molar-refractivity contribution is 7.98. The standard InChI is InChI=1S/C13H17F3N2S2/c1-8(7-20-2)6-18-11-4-3-9(13(14,15)16)5-10(11)12(17)19/h3-5,8,18H,6-7H2,1-2H3,(H2,17,19). The number of anilines is 1. The molecule has 0 aliphatic rings. The maximum Gasteiger partial charge on any atom is 0.416 e. The Morgan fingerprint density at radius 3 is 2.60 bits per heavy atom. The lowest BCUT2D eigenvalue weighted by Crippen LogP contribution is -2.19. The van der Waals surface area contributed by atoms with Gasteiger partial charge >= 0.3 is 6.18 Å². The number of thiocarbonyl (C=S) groups is 1. The predicted molar refractivity (Wildman–Crippen MR) is 83.4 cm³/mol. The molecule has 1 unspecified atom stereocenters. The van der Waals surface area contributed by atoms with E-state index in [0.717, 1.165) is 17.9 Å². The van der Waals surface area contributed by atoms with E-state index in [-0.39, 0.29) is 10.6 Å². The first-order valence-corrected chi connectivity index (χ1v) is 7.79. The van der Waals surface area contributed by atoms with Crippen molar-refractivity contribution in [3.05, 3.63) is 29.3 Å². The molecule has 2 nitrogen and oxygen atoms in total. The van der Waals surface area contributed by atoms with Crippen LogP contribution in [0.1, 0.15) is 18.1 Å². The van der Waals surface area contributed by atoms with Gasteiger partial charge in [-0.25, -0.2) is 0 Å². The zero-order valence-corrected chi connectivity index (χ0v) is 12.9. The van der Waals surface area contributed by atoms with E-state index in [1.165, 1.54) is 6.07 Å². The molecule has 1 rings (SSSR count). The molecule has 112 valence electrons. The second kappa shape index (κ2) is 7.17. The highest BCUT2D eigenvalue weighted by atomic mass is 32.2. The zero-order chi connectivity index (χ0) is 15.3. The second-order valence-electron chi connectivity index (χ2n) is 4.56. The Hall–Kier alpha value is -0.950. The van der Waals surface area contributed by atoms with Crippen molar-refractivity contribution in [3.63, 3.8) is 0 Å². The Morgan fingerprint density at radius 1 is 1.45 bits per heavy atom. The molecule has 7 heteroatoms. The van der Waals surface area contributed by atoms with Crippen molar-refractivity contribution in [1.82, 2.24) is 0 Å². The number of nitrogens with one attached hydrogen (secondary N) is 1. The first-order chi connectivity index (χ1) is 9.25. The largest absolute Gasteiger partial charge is 0.416 e. The number of thioether (sulfide) groups is 1. The molecule has 3 N–H and O–H groups in total. The van der Waals surface area contributed by atoms with Crippen LogP contribution in [0.4, 0.5) is 18.9 Å². The van der Waals surface area contributed by atoms with Gasteiger partial charge in [-0.2, -0.15) is 24.9 Å². The highest BCUT2D eigenvalue weighted by Gasteiger charge is 2.31. The summed E-state index contributed by atoms with van der Waals surface area (Å²) in [6, 6.07) is 3.40. The van der Waals surface area contributed by atoms with Gasteiger partial charge in [-0.1, -0.05) is 19.1 Å². The van der Waals surface area contributed by atoms with E-state index in [4.69, 9.17) is 18.0 Å². The van der Waals surface area contributed by atoms with Gasteiger partial charge in [0.2, 0.25) is 0 Å². The molecule has 0 fully saturated rings. The molecule has 1 aromatic carbocycles. The number of hydrogen-bond acceptors (Lipinski definition) is 3. The fraction of sp³-hybridized carbons (Fsp3) is 0.462. The topological polar surface area (TPSA) is 38.0 Å². The summed E-state index contributed by atoms with van der Waals surface area (Å²) in [6.45, 7) is 2.72. The molecule has 0 amide bonds. The molecule has 0 spiro atoms. The Labute approximate surface area is 126 Å². The van der Waals surface area contributed by atoms with Gasteiger partial charge in [-0.15, -0.1) is 0 Å². The Morgan fingerprint density at radius 2 is 2.10 bits per heavy atom. The number of nitrogens with two attached hydrogens (primary N) is 1. The van der Waals surface area contributed by atoms with Crippen molar-refractivity contribution in [1.29, 1.82) is 0 Å². The molecule has 20 heavy (non-hydrogen) atoms. The summed E-state index contributed by atoms with van der Waals surface area (Å²) in [5.74, 6) is 1.36. The number of hydrogen-bond donors (Lipinski definition) is 2. The second-order valence-corrected chi connectivity index (χ2v) is 5.91. The Bertz CT molecular complexity index is 475. The highest BCUT2D eigenvalue weighted by Crippen LogP contribution is 2.32. The van der Waals surface area contributed by atoms with Crippen molar-refractivity contribution in [2.75, 3.05) is 23.9 Å². The van der Waals surface area contributed by atoms with Crippen LogP contribution in [0.2, 0.25) is 0 Å². The fourth-order valence-electron chi connectivity index (χ4n) is 1.71. The summed E-state index contributed by atoms with van der Waals surface area (Å²) in [5, 5.41) is 3.11. The van der Waals surface area contributed by atoms with Gasteiger partial charge in [0.15, 0.2) is 0 Å². The summed E-state index contributed by atoms with van der Waals surface area (Å²) in [5.41, 5.74) is 5.53. The smallest absolute Gasteiger partial charge is 0.389 e. The summed E-state index contributed by atoms with van der Waals surface area (Å²) in [7, 11) is 0. The summed E-state index contributed by atoms with van der Waals surface area (Å²) >= 11 is 6.55. The van der Waals surface area contributed by atoms with E-state index in [2.05, 4.69) is 12.2 Å². The number of rotatable bonds is 6. The van der Waals surface area contributed by atoms with Crippen LogP contribution in [0, 0.1) is 5.92 Å². The normalized spacial score (nSPS) is 13.1. The lowest BCUT2D eigenvalue weighted by atomic mass is 10.1. The minimum atomic E-state index is -4.40. The van der Waals surface area contributed by atoms with Crippen molar-refractivity contribution < 1.29 is 13.2 Å². The van der Waals surface area contributed by atoms with Crippen LogP contribution < -0.4 is 11.1 Å². The van der Waals surface area contributed by atoms with E-state index >= 15 is 0 Å². The van der Waals surface area contributed by atoms with Crippen molar-refractivity contribution in [2.24, 2.45) is 11.7 Å². The molecule has 0 aromatic heterocycles. The van der Waals surface area contributed by atoms with E-state index in [9.17, 15) is 13.2 Å². The SMILES string of the molecule is CSCC(C)CNc1ccc(C(F)(F)F)cc1C(N)=S. The van der Waals surface area contributed by atoms with Crippen LogP contribution >= 0.6 is 24.0 Å². The van der Waals surface area contributed by atoms with E-state index in [0.29, 0.717) is 18.2 Å². The Balaban J connectivity index is 2.94. The summed E-state index contributed by atoms with van der Waals surface area (Å²) in [6.07, 6.45) is -2.39. The van der Waals surface area contributed by atoms with E-state index in [1.54, 1.807) is 11.8 Å². The van der Waals surface area contributed by atoms with Gasteiger partial charge in [-0.3, -0.25) is 0 Å². The molecular formula is C13H17F3N2S2. The van der Waals surface area contributed by atoms with Crippen LogP contribution in [-0.4, -0.2) is 23.5 Å².